The summed E-state index contributed by atoms with van der Waals surface area (Å²) in [5.74, 6) is 0. The fourth-order valence-corrected chi connectivity index (χ4v) is 3.03. The van der Waals surface area contributed by atoms with Gasteiger partial charge in [-0.15, -0.1) is 0 Å². The molecular formula is C11H16N4O4S. The van der Waals surface area contributed by atoms with Gasteiger partial charge in [-0.2, -0.15) is 0 Å². The molecule has 0 radical (unpaired) electrons. The average molecular weight is 300 g/mol. The highest BCUT2D eigenvalue weighted by atomic mass is 32.2. The Morgan fingerprint density at radius 3 is 2.80 bits per heavy atom. The summed E-state index contributed by atoms with van der Waals surface area (Å²) >= 11 is 0. The van der Waals surface area contributed by atoms with Crippen molar-refractivity contribution >= 4 is 15.7 Å². The fourth-order valence-electron chi connectivity index (χ4n) is 2.02. The van der Waals surface area contributed by atoms with Crippen molar-refractivity contribution in [3.63, 3.8) is 0 Å². The third-order valence-corrected chi connectivity index (χ3v) is 4.48. The van der Waals surface area contributed by atoms with Crippen molar-refractivity contribution in [2.24, 2.45) is 0 Å². The van der Waals surface area contributed by atoms with E-state index in [1.54, 1.807) is 0 Å². The van der Waals surface area contributed by atoms with Crippen LogP contribution in [-0.4, -0.2) is 37.5 Å². The van der Waals surface area contributed by atoms with Gasteiger partial charge in [-0.3, -0.25) is 10.1 Å². The quantitative estimate of drug-likeness (QED) is 0.601. The van der Waals surface area contributed by atoms with Gasteiger partial charge in [-0.25, -0.2) is 18.1 Å². The molecule has 0 amide bonds. The number of piperidine rings is 1. The second-order valence-electron chi connectivity index (χ2n) is 4.61. The number of nitro groups is 1. The van der Waals surface area contributed by atoms with Crippen molar-refractivity contribution in [2.45, 2.75) is 30.3 Å². The molecule has 8 nitrogen and oxygen atoms in total. The van der Waals surface area contributed by atoms with Gasteiger partial charge < -0.3 is 5.32 Å². The molecule has 1 aliphatic rings. The van der Waals surface area contributed by atoms with Crippen LogP contribution in [0, 0.1) is 10.1 Å². The minimum atomic E-state index is -3.73. The van der Waals surface area contributed by atoms with Crippen LogP contribution in [0.15, 0.2) is 23.4 Å². The Hall–Kier alpha value is -1.58. The van der Waals surface area contributed by atoms with Crippen molar-refractivity contribution in [3.05, 3.63) is 28.4 Å². The number of nitrogens with zero attached hydrogens (tertiary/aromatic N) is 2. The van der Waals surface area contributed by atoms with E-state index in [1.807, 2.05) is 0 Å². The lowest BCUT2D eigenvalue weighted by atomic mass is 10.1. The van der Waals surface area contributed by atoms with E-state index < -0.39 is 14.9 Å². The standard InChI is InChI=1S/C11H16N4O4S/c16-15(17)10-4-5-11(13-8-10)20(18,19)14-7-9-3-1-2-6-12-9/h4-5,8-9,12,14H,1-3,6-7H2/t9-/m1/s1. The normalized spacial score (nSPS) is 19.7. The number of aromatic nitrogens is 1. The molecule has 2 N–H and O–H groups in total. The maximum absolute atomic E-state index is 12.0. The van der Waals surface area contributed by atoms with Crippen molar-refractivity contribution in [1.82, 2.24) is 15.0 Å². The number of sulfonamides is 1. The van der Waals surface area contributed by atoms with Crippen molar-refractivity contribution in [3.8, 4) is 0 Å². The molecule has 1 saturated heterocycles. The number of hydrogen-bond donors (Lipinski definition) is 2. The summed E-state index contributed by atoms with van der Waals surface area (Å²) in [6, 6.07) is 2.38. The zero-order valence-corrected chi connectivity index (χ0v) is 11.6. The van der Waals surface area contributed by atoms with Gasteiger partial charge in [-0.1, -0.05) is 6.42 Å². The molecule has 1 fully saturated rings. The Morgan fingerprint density at radius 2 is 2.25 bits per heavy atom. The molecule has 0 aliphatic carbocycles. The van der Waals surface area contributed by atoms with Gasteiger partial charge in [-0.05, 0) is 25.5 Å². The van der Waals surface area contributed by atoms with Crippen molar-refractivity contribution < 1.29 is 13.3 Å². The average Bonchev–Trinajstić information content (AvgIpc) is 2.46. The summed E-state index contributed by atoms with van der Waals surface area (Å²) in [6.07, 6.45) is 4.05. The van der Waals surface area contributed by atoms with Gasteiger partial charge in [0, 0.05) is 18.7 Å². The third kappa shape index (κ3) is 3.71. The molecule has 2 rings (SSSR count). The van der Waals surface area contributed by atoms with Crippen LogP contribution in [0.2, 0.25) is 0 Å². The summed E-state index contributed by atoms with van der Waals surface area (Å²) < 4.78 is 26.4. The maximum atomic E-state index is 12.0. The second kappa shape index (κ2) is 6.25. The van der Waals surface area contributed by atoms with Crippen LogP contribution in [0.5, 0.6) is 0 Å². The molecule has 1 aromatic rings. The number of hydrogen-bond acceptors (Lipinski definition) is 6. The molecule has 1 aliphatic heterocycles. The first kappa shape index (κ1) is 14.8. The van der Waals surface area contributed by atoms with E-state index in [9.17, 15) is 18.5 Å². The van der Waals surface area contributed by atoms with Gasteiger partial charge in [0.25, 0.3) is 15.7 Å². The Balaban J connectivity index is 2.00. The molecule has 1 atom stereocenters. The number of nitrogens with one attached hydrogen (secondary N) is 2. The molecule has 110 valence electrons. The van der Waals surface area contributed by atoms with E-state index in [1.165, 1.54) is 0 Å². The SMILES string of the molecule is O=[N+]([O-])c1ccc(S(=O)(=O)NC[C@H]2CCCCN2)nc1. The molecule has 0 saturated carbocycles. The van der Waals surface area contributed by atoms with Crippen LogP contribution in [-0.2, 0) is 10.0 Å². The Kier molecular flexibility index (Phi) is 4.63. The molecule has 2 heterocycles. The monoisotopic (exact) mass is 300 g/mol. The topological polar surface area (TPSA) is 114 Å². The van der Waals surface area contributed by atoms with Crippen LogP contribution in [0.4, 0.5) is 5.69 Å². The molecule has 0 spiro atoms. The zero-order valence-electron chi connectivity index (χ0n) is 10.8. The highest BCUT2D eigenvalue weighted by Gasteiger charge is 2.20. The summed E-state index contributed by atoms with van der Waals surface area (Å²) in [5, 5.41) is 13.5. The van der Waals surface area contributed by atoms with Gasteiger partial charge in [0.15, 0.2) is 5.03 Å². The lowest BCUT2D eigenvalue weighted by Gasteiger charge is -2.23. The van der Waals surface area contributed by atoms with Crippen molar-refractivity contribution in [2.75, 3.05) is 13.1 Å². The van der Waals surface area contributed by atoms with Crippen LogP contribution >= 0.6 is 0 Å². The summed E-state index contributed by atoms with van der Waals surface area (Å²) in [7, 11) is -3.73. The van der Waals surface area contributed by atoms with Gasteiger partial charge in [0.2, 0.25) is 0 Å². The third-order valence-electron chi connectivity index (χ3n) is 3.14. The van der Waals surface area contributed by atoms with Crippen LogP contribution in [0.25, 0.3) is 0 Å². The lowest BCUT2D eigenvalue weighted by molar-refractivity contribution is -0.385. The first-order valence-electron chi connectivity index (χ1n) is 6.32. The molecule has 0 bridgehead atoms. The van der Waals surface area contributed by atoms with Crippen LogP contribution < -0.4 is 10.0 Å². The Morgan fingerprint density at radius 1 is 1.45 bits per heavy atom. The van der Waals surface area contributed by atoms with Gasteiger partial charge in [0.1, 0.15) is 6.20 Å². The highest BCUT2D eigenvalue weighted by molar-refractivity contribution is 7.89. The van der Waals surface area contributed by atoms with Crippen molar-refractivity contribution in [1.29, 1.82) is 0 Å². The van der Waals surface area contributed by atoms with E-state index in [0.29, 0.717) is 6.54 Å². The molecular weight excluding hydrogens is 284 g/mol. The zero-order chi connectivity index (χ0) is 14.6. The fraction of sp³-hybridized carbons (Fsp3) is 0.545. The van der Waals surface area contributed by atoms with Gasteiger partial charge in [0.05, 0.1) is 4.92 Å². The molecule has 0 unspecified atom stereocenters. The Labute approximate surface area is 116 Å². The predicted molar refractivity (Wildman–Crippen MR) is 71.7 cm³/mol. The first-order chi connectivity index (χ1) is 9.49. The highest BCUT2D eigenvalue weighted by Crippen LogP contribution is 2.13. The maximum Gasteiger partial charge on any atom is 0.287 e. The van der Waals surface area contributed by atoms with Crippen LogP contribution in [0.3, 0.4) is 0 Å². The lowest BCUT2D eigenvalue weighted by Crippen LogP contribution is -2.43. The van der Waals surface area contributed by atoms with E-state index in [4.69, 9.17) is 0 Å². The molecule has 9 heteroatoms. The smallest absolute Gasteiger partial charge is 0.287 e. The number of pyridine rings is 1. The van der Waals surface area contributed by atoms with Gasteiger partial charge >= 0.3 is 0 Å². The molecule has 20 heavy (non-hydrogen) atoms. The molecule has 0 aromatic carbocycles. The molecule has 1 aromatic heterocycles. The van der Waals surface area contributed by atoms with Crippen LogP contribution in [0.1, 0.15) is 19.3 Å². The van der Waals surface area contributed by atoms with E-state index in [0.717, 1.165) is 44.1 Å². The summed E-state index contributed by atoms with van der Waals surface area (Å²) in [4.78, 5) is 13.5. The van der Waals surface area contributed by atoms with E-state index in [-0.39, 0.29) is 16.8 Å². The second-order valence-corrected chi connectivity index (χ2v) is 6.32. The first-order valence-corrected chi connectivity index (χ1v) is 7.81. The van der Waals surface area contributed by atoms with E-state index >= 15 is 0 Å². The minimum absolute atomic E-state index is 0.122. The minimum Gasteiger partial charge on any atom is -0.313 e. The Bertz CT molecular complexity index is 567. The predicted octanol–water partition coefficient (Wildman–Crippen LogP) is 0.410. The van der Waals surface area contributed by atoms with E-state index in [2.05, 4.69) is 15.0 Å². The summed E-state index contributed by atoms with van der Waals surface area (Å²) in [6.45, 7) is 1.18. The largest absolute Gasteiger partial charge is 0.313 e. The number of rotatable bonds is 5. The summed E-state index contributed by atoms with van der Waals surface area (Å²) in [5.41, 5.74) is -0.238.